The Morgan fingerprint density at radius 3 is 2.88 bits per heavy atom. The second kappa shape index (κ2) is 3.20. The Morgan fingerprint density at radius 2 is 2.06 bits per heavy atom. The van der Waals surface area contributed by atoms with Gasteiger partial charge in [-0.25, -0.2) is 0 Å². The van der Waals surface area contributed by atoms with Crippen LogP contribution in [0.1, 0.15) is 17.2 Å². The van der Waals surface area contributed by atoms with Crippen molar-refractivity contribution in [2.24, 2.45) is 4.99 Å². The van der Waals surface area contributed by atoms with Gasteiger partial charge in [-0.15, -0.1) is 0 Å². The van der Waals surface area contributed by atoms with Crippen molar-refractivity contribution < 1.29 is 5.11 Å². The molecule has 0 saturated carbocycles. The van der Waals surface area contributed by atoms with Gasteiger partial charge in [0.15, 0.2) is 5.75 Å². The Kier molecular flexibility index (Phi) is 1.83. The summed E-state index contributed by atoms with van der Waals surface area (Å²) in [6.07, 6.45) is 3.78. The summed E-state index contributed by atoms with van der Waals surface area (Å²) in [5.74, 6) is 0.0683. The predicted molar refractivity (Wildman–Crippen MR) is 65.4 cm³/mol. The third-order valence-corrected chi connectivity index (χ3v) is 3.04. The van der Waals surface area contributed by atoms with Gasteiger partial charge in [0.05, 0.1) is 6.04 Å². The minimum Gasteiger partial charge on any atom is -0.289 e. The van der Waals surface area contributed by atoms with Crippen LogP contribution in [0, 0.1) is 0 Å². The summed E-state index contributed by atoms with van der Waals surface area (Å²) in [7, 11) is 0. The molecule has 0 heterocycles. The highest BCUT2D eigenvalue weighted by Gasteiger charge is 2.18. The zero-order chi connectivity index (χ0) is 11.1. The Balaban J connectivity index is 2.48. The van der Waals surface area contributed by atoms with Gasteiger partial charge in [0.25, 0.3) is 0 Å². The maximum atomic E-state index is 11.7. The topological polar surface area (TPSA) is 32.3 Å². The number of hydrogen-bond donors (Lipinski definition) is 0. The van der Waals surface area contributed by atoms with Crippen molar-refractivity contribution in [1.29, 1.82) is 0 Å². The lowest BCUT2D eigenvalue weighted by Gasteiger charge is -2.17. The van der Waals surface area contributed by atoms with Crippen molar-refractivity contribution in [3.05, 3.63) is 47.5 Å². The summed E-state index contributed by atoms with van der Waals surface area (Å²) in [5.41, 5.74) is 1.84. The van der Waals surface area contributed by atoms with E-state index in [9.17, 15) is 5.11 Å². The highest BCUT2D eigenvalue weighted by Crippen LogP contribution is 2.39. The lowest BCUT2D eigenvalue weighted by atomic mass is 9.90. The number of aliphatic imine (C=N–C) groups is 1. The van der Waals surface area contributed by atoms with Gasteiger partial charge in [-0.05, 0) is 29.1 Å². The van der Waals surface area contributed by atoms with Gasteiger partial charge < -0.3 is 0 Å². The molecule has 0 saturated heterocycles. The molecule has 1 atom stereocenters. The van der Waals surface area contributed by atoms with Crippen LogP contribution in [0.15, 0.2) is 41.4 Å². The van der Waals surface area contributed by atoms with E-state index in [-0.39, 0.29) is 11.8 Å². The number of benzene rings is 2. The van der Waals surface area contributed by atoms with Crippen LogP contribution in [-0.2, 0) is 5.11 Å². The highest BCUT2D eigenvalue weighted by molar-refractivity contribution is 5.97. The molecule has 1 aliphatic carbocycles. The summed E-state index contributed by atoms with van der Waals surface area (Å²) >= 11 is 0. The van der Waals surface area contributed by atoms with Gasteiger partial charge in [-0.3, -0.25) is 10.1 Å². The summed E-state index contributed by atoms with van der Waals surface area (Å²) in [5, 5.41) is 13.9. The van der Waals surface area contributed by atoms with Crippen LogP contribution in [0.2, 0.25) is 0 Å². The largest absolute Gasteiger partial charge is 0.289 e. The van der Waals surface area contributed by atoms with E-state index in [0.717, 1.165) is 21.9 Å². The molecule has 0 aromatic heterocycles. The van der Waals surface area contributed by atoms with Gasteiger partial charge in [0.2, 0.25) is 0 Å². The minimum absolute atomic E-state index is 0.0296. The van der Waals surface area contributed by atoms with Crippen LogP contribution >= 0.6 is 0 Å². The van der Waals surface area contributed by atoms with Gasteiger partial charge in [0.1, 0.15) is 0 Å². The molecule has 2 aromatic carbocycles. The number of rotatable bonds is 1. The molecule has 2 heteroatoms. The Morgan fingerprint density at radius 1 is 1.19 bits per heavy atom. The standard InChI is InChI=1S/C14H10NO/c1-15-12-7-6-11-13(16)8-5-9-3-2-4-10(12)14(9)11/h2-8,12H,1H2. The molecule has 0 amide bonds. The first-order valence-corrected chi connectivity index (χ1v) is 5.18. The van der Waals surface area contributed by atoms with Gasteiger partial charge in [0, 0.05) is 5.56 Å². The molecule has 2 nitrogen and oxygen atoms in total. The fourth-order valence-electron chi connectivity index (χ4n) is 2.28. The van der Waals surface area contributed by atoms with Crippen molar-refractivity contribution in [3.8, 4) is 5.75 Å². The van der Waals surface area contributed by atoms with Gasteiger partial charge >= 0.3 is 0 Å². The molecule has 16 heavy (non-hydrogen) atoms. The van der Waals surface area contributed by atoms with Crippen molar-refractivity contribution >= 4 is 23.6 Å². The van der Waals surface area contributed by atoms with Crippen molar-refractivity contribution in [2.45, 2.75) is 6.04 Å². The lowest BCUT2D eigenvalue weighted by Crippen LogP contribution is -1.98. The molecule has 0 N–H and O–H groups in total. The normalized spacial score (nSPS) is 17.6. The maximum Gasteiger partial charge on any atom is 0.186 e. The maximum absolute atomic E-state index is 11.7. The molecule has 0 spiro atoms. The lowest BCUT2D eigenvalue weighted by molar-refractivity contribution is 0.354. The van der Waals surface area contributed by atoms with Gasteiger partial charge in [-0.1, -0.05) is 36.4 Å². The predicted octanol–water partition coefficient (Wildman–Crippen LogP) is 3.75. The van der Waals surface area contributed by atoms with Crippen LogP contribution in [0.3, 0.4) is 0 Å². The average molecular weight is 208 g/mol. The van der Waals surface area contributed by atoms with Crippen LogP contribution < -0.4 is 0 Å². The van der Waals surface area contributed by atoms with Crippen molar-refractivity contribution in [1.82, 2.24) is 0 Å². The molecule has 77 valence electrons. The first kappa shape index (κ1) is 9.16. The molecular weight excluding hydrogens is 198 g/mol. The fraction of sp³-hybridized carbons (Fsp3) is 0.0714. The fourth-order valence-corrected chi connectivity index (χ4v) is 2.28. The Bertz CT molecular complexity index is 613. The molecule has 2 aromatic rings. The van der Waals surface area contributed by atoms with Crippen LogP contribution in [0.5, 0.6) is 5.75 Å². The summed E-state index contributed by atoms with van der Waals surface area (Å²) in [6.45, 7) is 3.59. The van der Waals surface area contributed by atoms with Crippen molar-refractivity contribution in [2.75, 3.05) is 0 Å². The Labute approximate surface area is 93.6 Å². The molecule has 0 fully saturated rings. The Hall–Kier alpha value is -2.09. The molecule has 3 rings (SSSR count). The van der Waals surface area contributed by atoms with E-state index in [1.165, 1.54) is 0 Å². The molecular formula is C14H10NO. The third kappa shape index (κ3) is 1.10. The third-order valence-electron chi connectivity index (χ3n) is 3.04. The second-order valence-corrected chi connectivity index (χ2v) is 3.91. The SMILES string of the molecule is C=NC1C=Cc2c([O])ccc3cccc1c23. The van der Waals surface area contributed by atoms with E-state index in [2.05, 4.69) is 11.7 Å². The molecule has 1 aliphatic rings. The zero-order valence-electron chi connectivity index (χ0n) is 8.68. The summed E-state index contributed by atoms with van der Waals surface area (Å²) in [6, 6.07) is 9.47. The molecule has 1 unspecified atom stereocenters. The number of hydrogen-bond acceptors (Lipinski definition) is 1. The quantitative estimate of drug-likeness (QED) is 0.639. The van der Waals surface area contributed by atoms with Crippen LogP contribution in [0.25, 0.3) is 16.8 Å². The zero-order valence-corrected chi connectivity index (χ0v) is 8.68. The van der Waals surface area contributed by atoms with Crippen LogP contribution in [-0.4, -0.2) is 6.72 Å². The van der Waals surface area contributed by atoms with E-state index in [4.69, 9.17) is 0 Å². The number of nitrogens with zero attached hydrogens (tertiary/aromatic N) is 1. The first-order chi connectivity index (χ1) is 7.81. The van der Waals surface area contributed by atoms with E-state index in [1.54, 1.807) is 6.07 Å². The van der Waals surface area contributed by atoms with E-state index >= 15 is 0 Å². The smallest absolute Gasteiger partial charge is 0.186 e. The highest BCUT2D eigenvalue weighted by atomic mass is 16.3. The molecule has 0 bridgehead atoms. The second-order valence-electron chi connectivity index (χ2n) is 3.91. The van der Waals surface area contributed by atoms with E-state index < -0.39 is 0 Å². The average Bonchev–Trinajstić information content (AvgIpc) is 2.34. The first-order valence-electron chi connectivity index (χ1n) is 5.18. The van der Waals surface area contributed by atoms with E-state index in [1.807, 2.05) is 36.4 Å². The van der Waals surface area contributed by atoms with Crippen molar-refractivity contribution in [3.63, 3.8) is 0 Å². The summed E-state index contributed by atoms with van der Waals surface area (Å²) < 4.78 is 0. The summed E-state index contributed by atoms with van der Waals surface area (Å²) in [4.78, 5) is 4.06. The molecule has 0 aliphatic heterocycles. The van der Waals surface area contributed by atoms with Crippen LogP contribution in [0.4, 0.5) is 0 Å². The monoisotopic (exact) mass is 208 g/mol. The molecule has 1 radical (unpaired) electrons. The minimum atomic E-state index is -0.0296. The van der Waals surface area contributed by atoms with E-state index in [0.29, 0.717) is 0 Å². The van der Waals surface area contributed by atoms with Gasteiger partial charge in [-0.2, -0.15) is 0 Å².